The number of hydrogen-bond acceptors (Lipinski definition) is 3. The van der Waals surface area contributed by atoms with E-state index < -0.39 is 0 Å². The van der Waals surface area contributed by atoms with E-state index >= 15 is 0 Å². The van der Waals surface area contributed by atoms with Gasteiger partial charge in [-0.25, -0.2) is 0 Å². The third-order valence-corrected chi connectivity index (χ3v) is 3.85. The Morgan fingerprint density at radius 2 is 1.61 bits per heavy atom. The molecule has 0 fully saturated rings. The van der Waals surface area contributed by atoms with Crippen LogP contribution in [0.5, 0.6) is 5.75 Å². The van der Waals surface area contributed by atoms with Gasteiger partial charge in [-0.15, -0.1) is 0 Å². The number of rotatable bonds is 7. The summed E-state index contributed by atoms with van der Waals surface area (Å²) in [5.74, 6) is 2.25. The van der Waals surface area contributed by atoms with Crippen LogP contribution >= 0.6 is 0 Å². The van der Waals surface area contributed by atoms with Gasteiger partial charge in [0.25, 0.3) is 0 Å². The molecule has 3 nitrogen and oxygen atoms in total. The Morgan fingerprint density at radius 1 is 1.06 bits per heavy atom. The van der Waals surface area contributed by atoms with Gasteiger partial charge in [0, 0.05) is 0 Å². The van der Waals surface area contributed by atoms with Crippen molar-refractivity contribution in [2.45, 2.75) is 26.7 Å². The predicted octanol–water partition coefficient (Wildman–Crippen LogP) is 2.36. The van der Waals surface area contributed by atoms with Gasteiger partial charge in [0.15, 0.2) is 0 Å². The van der Waals surface area contributed by atoms with Crippen LogP contribution in [0, 0.1) is 11.8 Å². The van der Waals surface area contributed by atoms with Crippen molar-refractivity contribution < 1.29 is 4.74 Å². The number of ether oxygens (including phenoxy) is 1. The van der Waals surface area contributed by atoms with E-state index in [4.69, 9.17) is 16.2 Å². The van der Waals surface area contributed by atoms with Crippen molar-refractivity contribution in [2.24, 2.45) is 23.3 Å². The van der Waals surface area contributed by atoms with E-state index in [1.54, 1.807) is 0 Å². The van der Waals surface area contributed by atoms with Crippen LogP contribution in [0.15, 0.2) is 24.3 Å². The molecule has 0 spiro atoms. The highest BCUT2D eigenvalue weighted by atomic mass is 16.5. The van der Waals surface area contributed by atoms with Crippen LogP contribution in [0.2, 0.25) is 0 Å². The van der Waals surface area contributed by atoms with Gasteiger partial charge in [-0.05, 0) is 55.5 Å². The van der Waals surface area contributed by atoms with Crippen LogP contribution in [0.25, 0.3) is 0 Å². The van der Waals surface area contributed by atoms with Crippen LogP contribution in [0.1, 0.15) is 32.3 Å². The summed E-state index contributed by atoms with van der Waals surface area (Å²) in [5, 5.41) is 0. The van der Waals surface area contributed by atoms with Crippen molar-refractivity contribution in [1.82, 2.24) is 0 Å². The fourth-order valence-corrected chi connectivity index (χ4v) is 2.27. The van der Waals surface area contributed by atoms with Crippen LogP contribution in [0.3, 0.4) is 0 Å². The monoisotopic (exact) mass is 250 g/mol. The van der Waals surface area contributed by atoms with Gasteiger partial charge >= 0.3 is 0 Å². The Labute approximate surface area is 111 Å². The van der Waals surface area contributed by atoms with Crippen molar-refractivity contribution in [1.29, 1.82) is 0 Å². The minimum atomic E-state index is 0.381. The largest absolute Gasteiger partial charge is 0.494 e. The molecule has 1 rings (SSSR count). The molecular formula is C15H26N2O. The fraction of sp³-hybridized carbons (Fsp3) is 0.600. The summed E-state index contributed by atoms with van der Waals surface area (Å²) in [5.41, 5.74) is 12.8. The van der Waals surface area contributed by atoms with Gasteiger partial charge in [-0.1, -0.05) is 26.0 Å². The highest BCUT2D eigenvalue weighted by Gasteiger charge is 2.21. The van der Waals surface area contributed by atoms with E-state index in [1.807, 2.05) is 19.1 Å². The third kappa shape index (κ3) is 3.72. The summed E-state index contributed by atoms with van der Waals surface area (Å²) in [6.07, 6.45) is 0. The van der Waals surface area contributed by atoms with Gasteiger partial charge in [0.05, 0.1) is 6.61 Å². The standard InChI is InChI=1S/C15H26N2O/c1-4-18-15-7-5-13(6-8-15)11(2)12(3)14(9-16)10-17/h5-8,11-12,14H,4,9-10,16-17H2,1-3H3. The normalized spacial score (nSPS) is 14.6. The molecule has 1 aromatic carbocycles. The summed E-state index contributed by atoms with van der Waals surface area (Å²) in [6, 6.07) is 8.33. The summed E-state index contributed by atoms with van der Waals surface area (Å²) >= 11 is 0. The Hall–Kier alpha value is -1.06. The van der Waals surface area contributed by atoms with E-state index in [2.05, 4.69) is 26.0 Å². The molecule has 0 aliphatic carbocycles. The lowest BCUT2D eigenvalue weighted by Gasteiger charge is -2.27. The lowest BCUT2D eigenvalue weighted by molar-refractivity contribution is 0.326. The molecule has 2 atom stereocenters. The third-order valence-electron chi connectivity index (χ3n) is 3.85. The number of benzene rings is 1. The lowest BCUT2D eigenvalue weighted by Crippen LogP contribution is -2.31. The van der Waals surface area contributed by atoms with Gasteiger partial charge in [0.1, 0.15) is 5.75 Å². The zero-order valence-corrected chi connectivity index (χ0v) is 11.7. The zero-order chi connectivity index (χ0) is 13.5. The average molecular weight is 250 g/mol. The van der Waals surface area contributed by atoms with Crippen molar-refractivity contribution in [2.75, 3.05) is 19.7 Å². The number of nitrogens with two attached hydrogens (primary N) is 2. The summed E-state index contributed by atoms with van der Waals surface area (Å²) < 4.78 is 5.45. The highest BCUT2D eigenvalue weighted by molar-refractivity contribution is 5.29. The first-order valence-corrected chi connectivity index (χ1v) is 6.76. The van der Waals surface area contributed by atoms with E-state index in [0.29, 0.717) is 37.5 Å². The molecule has 1 aromatic rings. The first-order valence-electron chi connectivity index (χ1n) is 6.76. The molecular weight excluding hydrogens is 224 g/mol. The van der Waals surface area contributed by atoms with Gasteiger partial charge < -0.3 is 16.2 Å². The van der Waals surface area contributed by atoms with Crippen LogP contribution in [0.4, 0.5) is 0 Å². The molecule has 2 unspecified atom stereocenters. The maximum Gasteiger partial charge on any atom is 0.119 e. The van der Waals surface area contributed by atoms with Crippen molar-refractivity contribution in [3.05, 3.63) is 29.8 Å². The summed E-state index contributed by atoms with van der Waals surface area (Å²) in [6.45, 7) is 8.46. The Kier molecular flexibility index (Phi) is 6.16. The Morgan fingerprint density at radius 3 is 2.06 bits per heavy atom. The molecule has 0 radical (unpaired) electrons. The Balaban J connectivity index is 2.73. The lowest BCUT2D eigenvalue weighted by atomic mass is 9.80. The molecule has 0 bridgehead atoms. The molecule has 0 saturated heterocycles. The molecule has 0 aromatic heterocycles. The van der Waals surface area contributed by atoms with E-state index in [1.165, 1.54) is 5.56 Å². The molecule has 4 N–H and O–H groups in total. The average Bonchev–Trinajstić information content (AvgIpc) is 2.40. The molecule has 0 amide bonds. The molecule has 3 heteroatoms. The molecule has 102 valence electrons. The fourth-order valence-electron chi connectivity index (χ4n) is 2.27. The first-order chi connectivity index (χ1) is 8.63. The van der Waals surface area contributed by atoms with Crippen molar-refractivity contribution in [3.8, 4) is 5.75 Å². The quantitative estimate of drug-likeness (QED) is 0.781. The second-order valence-corrected chi connectivity index (χ2v) is 4.88. The summed E-state index contributed by atoms with van der Waals surface area (Å²) in [4.78, 5) is 0. The maximum absolute atomic E-state index is 5.76. The maximum atomic E-state index is 5.76. The minimum absolute atomic E-state index is 0.381. The highest BCUT2D eigenvalue weighted by Crippen LogP contribution is 2.30. The van der Waals surface area contributed by atoms with E-state index in [9.17, 15) is 0 Å². The second kappa shape index (κ2) is 7.39. The van der Waals surface area contributed by atoms with Crippen molar-refractivity contribution >= 4 is 0 Å². The van der Waals surface area contributed by atoms with E-state index in [-0.39, 0.29) is 0 Å². The molecule has 0 saturated carbocycles. The second-order valence-electron chi connectivity index (χ2n) is 4.88. The topological polar surface area (TPSA) is 61.3 Å². The minimum Gasteiger partial charge on any atom is -0.494 e. The van der Waals surface area contributed by atoms with Gasteiger partial charge in [-0.3, -0.25) is 0 Å². The van der Waals surface area contributed by atoms with Crippen molar-refractivity contribution in [3.63, 3.8) is 0 Å². The predicted molar refractivity (Wildman–Crippen MR) is 76.8 cm³/mol. The van der Waals surface area contributed by atoms with Gasteiger partial charge in [-0.2, -0.15) is 0 Å². The molecule has 18 heavy (non-hydrogen) atoms. The summed E-state index contributed by atoms with van der Waals surface area (Å²) in [7, 11) is 0. The van der Waals surface area contributed by atoms with Gasteiger partial charge in [0.2, 0.25) is 0 Å². The SMILES string of the molecule is CCOc1ccc(C(C)C(C)C(CN)CN)cc1. The molecule has 0 heterocycles. The van der Waals surface area contributed by atoms with Crippen LogP contribution in [-0.2, 0) is 0 Å². The number of hydrogen-bond donors (Lipinski definition) is 2. The molecule has 0 aliphatic heterocycles. The van der Waals surface area contributed by atoms with Crippen LogP contribution < -0.4 is 16.2 Å². The smallest absolute Gasteiger partial charge is 0.119 e. The Bertz CT molecular complexity index is 333. The first kappa shape index (κ1) is 15.0. The zero-order valence-electron chi connectivity index (χ0n) is 11.7. The van der Waals surface area contributed by atoms with E-state index in [0.717, 1.165) is 5.75 Å². The van der Waals surface area contributed by atoms with Crippen LogP contribution in [-0.4, -0.2) is 19.7 Å². The molecule has 0 aliphatic rings.